The van der Waals surface area contributed by atoms with Crippen molar-refractivity contribution in [2.24, 2.45) is 0 Å². The molecule has 1 fully saturated rings. The van der Waals surface area contributed by atoms with Crippen LogP contribution in [0.1, 0.15) is 11.8 Å². The van der Waals surface area contributed by atoms with Gasteiger partial charge < -0.3 is 20.1 Å². The number of aliphatic hydroxyl groups is 3. The van der Waals surface area contributed by atoms with Gasteiger partial charge in [-0.15, -0.1) is 0 Å². The van der Waals surface area contributed by atoms with Gasteiger partial charge in [0.15, 0.2) is 6.23 Å². The third-order valence-electron chi connectivity index (χ3n) is 3.98. The number of nitrogens with zero attached hydrogens (tertiary/aromatic N) is 3. The standard InChI is InChI=1S/C15H17N3O6/c19-8-10-12(21)13(22)14(24-10)17-6-3-11(20)18(15(17)23)7-9-1-4-16-5-2-9/h1-6,10,12-14,19,21-22H,7-8H2. The largest absolute Gasteiger partial charge is 0.394 e. The first-order chi connectivity index (χ1) is 11.5. The first-order valence-corrected chi connectivity index (χ1v) is 7.36. The van der Waals surface area contributed by atoms with Crippen LogP contribution >= 0.6 is 0 Å². The Kier molecular flexibility index (Phi) is 4.58. The Balaban J connectivity index is 1.98. The first-order valence-electron chi connectivity index (χ1n) is 7.36. The van der Waals surface area contributed by atoms with E-state index in [-0.39, 0.29) is 6.54 Å². The van der Waals surface area contributed by atoms with Crippen LogP contribution in [0.25, 0.3) is 0 Å². The van der Waals surface area contributed by atoms with E-state index in [0.717, 1.165) is 9.13 Å². The van der Waals surface area contributed by atoms with Crippen LogP contribution in [0, 0.1) is 0 Å². The van der Waals surface area contributed by atoms with Gasteiger partial charge in [0.25, 0.3) is 5.56 Å². The van der Waals surface area contributed by atoms with E-state index in [1.165, 1.54) is 12.3 Å². The molecule has 3 N–H and O–H groups in total. The van der Waals surface area contributed by atoms with E-state index in [1.807, 2.05) is 0 Å². The Labute approximate surface area is 136 Å². The number of aromatic nitrogens is 3. The highest BCUT2D eigenvalue weighted by atomic mass is 16.6. The van der Waals surface area contributed by atoms with Crippen molar-refractivity contribution >= 4 is 0 Å². The monoisotopic (exact) mass is 335 g/mol. The molecule has 1 aliphatic rings. The number of pyridine rings is 1. The van der Waals surface area contributed by atoms with Gasteiger partial charge in [0.05, 0.1) is 13.2 Å². The fourth-order valence-corrected chi connectivity index (χ4v) is 2.65. The van der Waals surface area contributed by atoms with Gasteiger partial charge in [-0.2, -0.15) is 0 Å². The molecule has 9 heteroatoms. The minimum absolute atomic E-state index is 0.0375. The fraction of sp³-hybridized carbons (Fsp3) is 0.400. The minimum Gasteiger partial charge on any atom is -0.394 e. The number of hydrogen-bond donors (Lipinski definition) is 3. The summed E-state index contributed by atoms with van der Waals surface area (Å²) in [5.74, 6) is 0. The summed E-state index contributed by atoms with van der Waals surface area (Å²) < 4.78 is 7.36. The molecule has 0 aromatic carbocycles. The van der Waals surface area contributed by atoms with Crippen LogP contribution in [0.3, 0.4) is 0 Å². The second-order valence-electron chi connectivity index (χ2n) is 5.51. The molecule has 0 aliphatic carbocycles. The van der Waals surface area contributed by atoms with Gasteiger partial charge in [0.2, 0.25) is 0 Å². The molecule has 2 aromatic rings. The van der Waals surface area contributed by atoms with Gasteiger partial charge in [-0.25, -0.2) is 4.79 Å². The third-order valence-corrected chi connectivity index (χ3v) is 3.98. The topological polar surface area (TPSA) is 127 Å². The van der Waals surface area contributed by atoms with Gasteiger partial charge in [-0.3, -0.25) is 18.9 Å². The van der Waals surface area contributed by atoms with Gasteiger partial charge in [-0.1, -0.05) is 0 Å². The fourth-order valence-electron chi connectivity index (χ4n) is 2.65. The molecule has 4 atom stereocenters. The average molecular weight is 335 g/mol. The summed E-state index contributed by atoms with van der Waals surface area (Å²) >= 11 is 0. The van der Waals surface area contributed by atoms with Crippen molar-refractivity contribution in [1.29, 1.82) is 0 Å². The highest BCUT2D eigenvalue weighted by molar-refractivity contribution is 5.10. The van der Waals surface area contributed by atoms with Gasteiger partial charge in [0, 0.05) is 24.7 Å². The van der Waals surface area contributed by atoms with Crippen molar-refractivity contribution in [1.82, 2.24) is 14.1 Å². The molecule has 0 spiro atoms. The molecular formula is C15H17N3O6. The number of ether oxygens (including phenoxy) is 1. The summed E-state index contributed by atoms with van der Waals surface area (Å²) in [6.07, 6.45) is -0.610. The molecule has 0 saturated carbocycles. The molecule has 1 saturated heterocycles. The van der Waals surface area contributed by atoms with E-state index >= 15 is 0 Å². The molecule has 1 aliphatic heterocycles. The molecule has 0 radical (unpaired) electrons. The highest BCUT2D eigenvalue weighted by Crippen LogP contribution is 2.27. The molecule has 24 heavy (non-hydrogen) atoms. The Morgan fingerprint density at radius 3 is 2.46 bits per heavy atom. The zero-order chi connectivity index (χ0) is 17.3. The number of rotatable bonds is 4. The predicted octanol–water partition coefficient (Wildman–Crippen LogP) is -1.94. The maximum atomic E-state index is 12.6. The molecular weight excluding hydrogens is 318 g/mol. The third kappa shape index (κ3) is 2.89. The molecule has 4 unspecified atom stereocenters. The average Bonchev–Trinajstić information content (AvgIpc) is 2.88. The van der Waals surface area contributed by atoms with Crippen molar-refractivity contribution < 1.29 is 20.1 Å². The van der Waals surface area contributed by atoms with E-state index in [9.17, 15) is 19.8 Å². The van der Waals surface area contributed by atoms with Crippen molar-refractivity contribution in [2.45, 2.75) is 31.1 Å². The minimum atomic E-state index is -1.40. The van der Waals surface area contributed by atoms with Crippen molar-refractivity contribution in [2.75, 3.05) is 6.61 Å². The lowest BCUT2D eigenvalue weighted by atomic mass is 10.1. The summed E-state index contributed by atoms with van der Waals surface area (Å²) in [5, 5.41) is 29.0. The van der Waals surface area contributed by atoms with E-state index in [1.54, 1.807) is 24.5 Å². The smallest absolute Gasteiger partial charge is 0.333 e. The van der Waals surface area contributed by atoms with Crippen molar-refractivity contribution in [3.63, 3.8) is 0 Å². The summed E-state index contributed by atoms with van der Waals surface area (Å²) in [4.78, 5) is 28.5. The van der Waals surface area contributed by atoms with Crippen molar-refractivity contribution in [3.8, 4) is 0 Å². The Morgan fingerprint density at radius 2 is 1.83 bits per heavy atom. The predicted molar refractivity (Wildman–Crippen MR) is 81.3 cm³/mol. The molecule has 2 aromatic heterocycles. The lowest BCUT2D eigenvalue weighted by Gasteiger charge is -2.18. The second kappa shape index (κ2) is 6.65. The molecule has 3 heterocycles. The molecule has 128 valence electrons. The van der Waals surface area contributed by atoms with Crippen LogP contribution < -0.4 is 11.2 Å². The molecule has 0 amide bonds. The zero-order valence-electron chi connectivity index (χ0n) is 12.6. The Morgan fingerprint density at radius 1 is 1.12 bits per heavy atom. The Hall–Kier alpha value is -2.33. The second-order valence-corrected chi connectivity index (χ2v) is 5.51. The Bertz CT molecular complexity index is 818. The summed E-state index contributed by atoms with van der Waals surface area (Å²) in [6, 6.07) is 4.53. The van der Waals surface area contributed by atoms with E-state index in [4.69, 9.17) is 9.84 Å². The summed E-state index contributed by atoms with van der Waals surface area (Å²) in [7, 11) is 0. The van der Waals surface area contributed by atoms with Gasteiger partial charge >= 0.3 is 5.69 Å². The van der Waals surface area contributed by atoms with Crippen LogP contribution in [0.5, 0.6) is 0 Å². The van der Waals surface area contributed by atoms with Gasteiger partial charge in [0.1, 0.15) is 18.3 Å². The maximum Gasteiger partial charge on any atom is 0.333 e. The molecule has 3 rings (SSSR count). The SMILES string of the molecule is O=c1ccn(C2OC(CO)C(O)C2O)c(=O)n1Cc1ccncc1. The zero-order valence-corrected chi connectivity index (χ0v) is 12.6. The van der Waals surface area contributed by atoms with E-state index < -0.39 is 42.4 Å². The number of hydrogen-bond acceptors (Lipinski definition) is 7. The van der Waals surface area contributed by atoms with Gasteiger partial charge in [-0.05, 0) is 17.7 Å². The normalized spacial score (nSPS) is 26.6. The van der Waals surface area contributed by atoms with Crippen LogP contribution in [0.15, 0.2) is 46.4 Å². The van der Waals surface area contributed by atoms with Crippen molar-refractivity contribution in [3.05, 3.63) is 63.2 Å². The highest BCUT2D eigenvalue weighted by Gasteiger charge is 2.43. The maximum absolute atomic E-state index is 12.6. The first kappa shape index (κ1) is 16.5. The summed E-state index contributed by atoms with van der Waals surface area (Å²) in [6.45, 7) is -0.462. The molecule has 0 bridgehead atoms. The van der Waals surface area contributed by atoms with Crippen LogP contribution in [-0.2, 0) is 11.3 Å². The number of aliphatic hydroxyl groups excluding tert-OH is 3. The molecule has 9 nitrogen and oxygen atoms in total. The van der Waals surface area contributed by atoms with E-state index in [0.29, 0.717) is 5.56 Å². The summed E-state index contributed by atoms with van der Waals surface area (Å²) in [5.41, 5.74) is -0.475. The van der Waals surface area contributed by atoms with Crippen LogP contribution in [0.2, 0.25) is 0 Å². The quantitative estimate of drug-likeness (QED) is 0.593. The van der Waals surface area contributed by atoms with E-state index in [2.05, 4.69) is 4.98 Å². The van der Waals surface area contributed by atoms with Crippen LogP contribution in [-0.4, -0.2) is 54.4 Å². The van der Waals surface area contributed by atoms with Crippen LogP contribution in [0.4, 0.5) is 0 Å². The lowest BCUT2D eigenvalue weighted by molar-refractivity contribution is -0.0555. The lowest BCUT2D eigenvalue weighted by Crippen LogP contribution is -2.43.